The van der Waals surface area contributed by atoms with Crippen molar-refractivity contribution in [2.45, 2.75) is 85.3 Å². The average Bonchev–Trinajstić information content (AvgIpc) is 2.71. The van der Waals surface area contributed by atoms with E-state index in [4.69, 9.17) is 10.5 Å². The van der Waals surface area contributed by atoms with Gasteiger partial charge in [-0.05, 0) is 56.9 Å². The molecule has 5 nitrogen and oxygen atoms in total. The Labute approximate surface area is 169 Å². The van der Waals surface area contributed by atoms with E-state index in [0.717, 1.165) is 17.6 Å². The van der Waals surface area contributed by atoms with Gasteiger partial charge in [-0.3, -0.25) is 4.79 Å². The molecule has 0 amide bonds. The molecule has 0 saturated heterocycles. The van der Waals surface area contributed by atoms with Gasteiger partial charge in [0.15, 0.2) is 11.6 Å². The molecule has 7 atom stereocenters. The van der Waals surface area contributed by atoms with Crippen LogP contribution < -0.4 is 5.73 Å². The van der Waals surface area contributed by atoms with Crippen molar-refractivity contribution in [2.24, 2.45) is 34.3 Å². The fourth-order valence-corrected chi connectivity index (χ4v) is 5.98. The molecule has 4 N–H and O–H groups in total. The molecule has 3 aliphatic carbocycles. The van der Waals surface area contributed by atoms with Crippen LogP contribution in [0.15, 0.2) is 23.3 Å². The second-order valence-corrected chi connectivity index (χ2v) is 10.6. The molecule has 1 fully saturated rings. The van der Waals surface area contributed by atoms with Crippen molar-refractivity contribution in [3.8, 4) is 0 Å². The van der Waals surface area contributed by atoms with Gasteiger partial charge in [0.1, 0.15) is 11.7 Å². The predicted molar refractivity (Wildman–Crippen MR) is 109 cm³/mol. The van der Waals surface area contributed by atoms with Gasteiger partial charge in [-0.1, -0.05) is 45.4 Å². The van der Waals surface area contributed by atoms with Crippen LogP contribution in [0.2, 0.25) is 0 Å². The molecule has 0 aromatic rings. The summed E-state index contributed by atoms with van der Waals surface area (Å²) in [6.07, 6.45) is 3.80. The van der Waals surface area contributed by atoms with E-state index in [2.05, 4.69) is 20.8 Å². The third kappa shape index (κ3) is 2.63. The summed E-state index contributed by atoms with van der Waals surface area (Å²) in [5.74, 6) is -1.63. The minimum Gasteiger partial charge on any atom is -0.383 e. The Bertz CT molecular complexity index is 746. The van der Waals surface area contributed by atoms with E-state index < -0.39 is 28.9 Å². The number of hydrogen-bond acceptors (Lipinski definition) is 5. The van der Waals surface area contributed by atoms with E-state index in [1.54, 1.807) is 0 Å². The van der Waals surface area contributed by atoms with Gasteiger partial charge in [0.25, 0.3) is 0 Å². The van der Waals surface area contributed by atoms with Crippen LogP contribution in [0.5, 0.6) is 0 Å². The second-order valence-electron chi connectivity index (χ2n) is 10.6. The SMILES string of the molecule is CC1=CC23C(=O)C(C=C(C)C(OC(C)(C)O)C2(O)C1N)C(C)(C)[C@@H](C)C[C@H]3C. The lowest BCUT2D eigenvalue weighted by Gasteiger charge is -2.50. The van der Waals surface area contributed by atoms with Gasteiger partial charge < -0.3 is 20.7 Å². The molecular formula is C23H37NO4. The van der Waals surface area contributed by atoms with Crippen molar-refractivity contribution in [1.29, 1.82) is 0 Å². The second kappa shape index (κ2) is 6.24. The third-order valence-corrected chi connectivity index (χ3v) is 7.98. The molecule has 0 radical (unpaired) electrons. The molecule has 1 saturated carbocycles. The van der Waals surface area contributed by atoms with Gasteiger partial charge in [0.2, 0.25) is 0 Å². The summed E-state index contributed by atoms with van der Waals surface area (Å²) in [5, 5.41) is 22.7. The molecule has 0 aliphatic heterocycles. The molecule has 3 rings (SSSR count). The van der Waals surface area contributed by atoms with Crippen LogP contribution >= 0.6 is 0 Å². The van der Waals surface area contributed by atoms with Gasteiger partial charge >= 0.3 is 0 Å². The lowest BCUT2D eigenvalue weighted by atomic mass is 9.59. The van der Waals surface area contributed by atoms with Crippen molar-refractivity contribution in [3.05, 3.63) is 23.3 Å². The first-order chi connectivity index (χ1) is 12.6. The maximum Gasteiger partial charge on any atom is 0.160 e. The Morgan fingerprint density at radius 2 is 1.75 bits per heavy atom. The molecular weight excluding hydrogens is 354 g/mol. The van der Waals surface area contributed by atoms with Crippen molar-refractivity contribution in [3.63, 3.8) is 0 Å². The Hall–Kier alpha value is -1.01. The van der Waals surface area contributed by atoms with E-state index in [0.29, 0.717) is 5.92 Å². The number of allylic oxidation sites excluding steroid dienone is 1. The van der Waals surface area contributed by atoms with Crippen molar-refractivity contribution >= 4 is 5.78 Å². The van der Waals surface area contributed by atoms with Gasteiger partial charge in [-0.15, -0.1) is 0 Å². The molecule has 28 heavy (non-hydrogen) atoms. The molecule has 0 aromatic carbocycles. The van der Waals surface area contributed by atoms with Crippen LogP contribution in [0.4, 0.5) is 0 Å². The summed E-state index contributed by atoms with van der Waals surface area (Å²) < 4.78 is 6.01. The van der Waals surface area contributed by atoms with Gasteiger partial charge in [0.05, 0.1) is 11.5 Å². The number of rotatable bonds is 2. The zero-order valence-electron chi connectivity index (χ0n) is 18.5. The summed E-state index contributed by atoms with van der Waals surface area (Å²) >= 11 is 0. The molecule has 3 aliphatic rings. The van der Waals surface area contributed by atoms with Crippen LogP contribution in [0.25, 0.3) is 0 Å². The van der Waals surface area contributed by atoms with Gasteiger partial charge in [0, 0.05) is 5.92 Å². The maximum absolute atomic E-state index is 14.2. The van der Waals surface area contributed by atoms with E-state index >= 15 is 0 Å². The van der Waals surface area contributed by atoms with E-state index in [1.165, 1.54) is 13.8 Å². The smallest absolute Gasteiger partial charge is 0.160 e. The quantitative estimate of drug-likeness (QED) is 0.497. The summed E-state index contributed by atoms with van der Waals surface area (Å²) in [7, 11) is 0. The highest BCUT2D eigenvalue weighted by Crippen LogP contribution is 2.62. The highest BCUT2D eigenvalue weighted by molar-refractivity contribution is 5.95. The van der Waals surface area contributed by atoms with E-state index in [9.17, 15) is 15.0 Å². The topological polar surface area (TPSA) is 92.8 Å². The van der Waals surface area contributed by atoms with Crippen molar-refractivity contribution in [2.75, 3.05) is 0 Å². The van der Waals surface area contributed by atoms with Crippen LogP contribution in [0, 0.1) is 28.6 Å². The monoisotopic (exact) mass is 391 g/mol. The number of nitrogens with two attached hydrogens (primary N) is 1. The molecule has 5 heteroatoms. The highest BCUT2D eigenvalue weighted by Gasteiger charge is 2.71. The fraction of sp³-hybridized carbons (Fsp3) is 0.783. The minimum absolute atomic E-state index is 0.0188. The molecule has 0 aromatic heterocycles. The molecule has 158 valence electrons. The summed E-state index contributed by atoms with van der Waals surface area (Å²) in [4.78, 5) is 14.2. The van der Waals surface area contributed by atoms with E-state index in [-0.39, 0.29) is 23.0 Å². The fourth-order valence-electron chi connectivity index (χ4n) is 5.98. The zero-order chi connectivity index (χ0) is 21.4. The number of ether oxygens (including phenoxy) is 1. The molecule has 1 spiro atoms. The lowest BCUT2D eigenvalue weighted by molar-refractivity contribution is -0.254. The third-order valence-electron chi connectivity index (χ3n) is 7.98. The number of carbonyl (C=O) groups is 1. The molecule has 2 bridgehead atoms. The van der Waals surface area contributed by atoms with E-state index in [1.807, 2.05) is 32.9 Å². The van der Waals surface area contributed by atoms with Crippen molar-refractivity contribution < 1.29 is 19.7 Å². The van der Waals surface area contributed by atoms with Crippen LogP contribution in [0.1, 0.15) is 61.8 Å². The van der Waals surface area contributed by atoms with Crippen molar-refractivity contribution in [1.82, 2.24) is 0 Å². The number of fused-ring (bicyclic) bond motifs is 1. The average molecular weight is 392 g/mol. The minimum atomic E-state index is -1.65. The first-order valence-electron chi connectivity index (χ1n) is 10.4. The summed E-state index contributed by atoms with van der Waals surface area (Å²) in [5.41, 5.74) is 5.04. The Morgan fingerprint density at radius 1 is 1.18 bits per heavy atom. The number of ketones is 1. The van der Waals surface area contributed by atoms with Crippen LogP contribution in [-0.4, -0.2) is 39.5 Å². The van der Waals surface area contributed by atoms with Gasteiger partial charge in [-0.2, -0.15) is 0 Å². The van der Waals surface area contributed by atoms with Crippen LogP contribution in [-0.2, 0) is 9.53 Å². The summed E-state index contributed by atoms with van der Waals surface area (Å²) in [6, 6.07) is -0.745. The number of hydrogen-bond donors (Lipinski definition) is 3. The largest absolute Gasteiger partial charge is 0.383 e. The Morgan fingerprint density at radius 3 is 2.29 bits per heavy atom. The number of carbonyl (C=O) groups excluding carboxylic acids is 1. The standard InChI is InChI=1S/C23H37NO4/c1-12-9-16-18(25)22(15(4)10-14(3)20(16,5)6)11-13(2)17(24)23(22,27)19(12)28-21(7,8)26/h9,11,14-17,19,26-27H,10,24H2,1-8H3/t14-,15+,16?,17?,19?,22?,23?/m0/s1. The molecule has 0 heterocycles. The van der Waals surface area contributed by atoms with Gasteiger partial charge in [-0.25, -0.2) is 0 Å². The summed E-state index contributed by atoms with van der Waals surface area (Å²) in [6.45, 7) is 15.3. The highest BCUT2D eigenvalue weighted by atomic mass is 16.6. The maximum atomic E-state index is 14.2. The van der Waals surface area contributed by atoms with Crippen LogP contribution in [0.3, 0.4) is 0 Å². The lowest BCUT2D eigenvalue weighted by Crippen LogP contribution is -2.68. The predicted octanol–water partition coefficient (Wildman–Crippen LogP) is 2.95. The Kier molecular flexibility index (Phi) is 4.84. The molecule has 5 unspecified atom stereocenters. The normalized spacial score (nSPS) is 45.7. The first-order valence-corrected chi connectivity index (χ1v) is 10.4. The number of aliphatic hydroxyl groups is 2. The Balaban J connectivity index is 2.37. The number of Topliss-reactive ketones (excluding diaryl/α,β-unsaturated/α-hetero) is 1. The first kappa shape index (κ1) is 21.7. The zero-order valence-corrected chi connectivity index (χ0v) is 18.5.